The van der Waals surface area contributed by atoms with Crippen LogP contribution in [-0.4, -0.2) is 66.0 Å². The maximum Gasteiger partial charge on any atom is 0.243 e. The minimum absolute atomic E-state index is 0.0556. The maximum atomic E-state index is 13.4. The van der Waals surface area contributed by atoms with Gasteiger partial charge in [-0.15, -0.1) is 0 Å². The lowest BCUT2D eigenvalue weighted by molar-refractivity contribution is -0.133. The van der Waals surface area contributed by atoms with Crippen molar-refractivity contribution in [1.29, 1.82) is 0 Å². The molecule has 4 amide bonds. The lowest BCUT2D eigenvalue weighted by atomic mass is 10.0. The molecule has 0 aliphatic rings. The summed E-state index contributed by atoms with van der Waals surface area (Å²) in [5, 5.41) is 17.7. The number of phenols is 1. The molecule has 0 aliphatic carbocycles. The Labute approximate surface area is 231 Å². The Kier molecular flexibility index (Phi) is 15.7. The van der Waals surface area contributed by atoms with E-state index in [2.05, 4.69) is 16.0 Å². The number of rotatable bonds is 19. The molecule has 0 radical (unpaired) electrons. The quantitative estimate of drug-likeness (QED) is 0.105. The van der Waals surface area contributed by atoms with E-state index in [1.54, 1.807) is 12.1 Å². The van der Waals surface area contributed by atoms with Crippen LogP contribution in [0.15, 0.2) is 24.3 Å². The topological polar surface area (TPSA) is 229 Å². The van der Waals surface area contributed by atoms with Gasteiger partial charge in [-0.1, -0.05) is 32.4 Å². The monoisotopic (exact) mass is 549 g/mol. The molecule has 0 saturated carbocycles. The number of nitrogens with one attached hydrogen (secondary N) is 3. The highest BCUT2D eigenvalue weighted by molar-refractivity contribution is 5.94. The average molecular weight is 550 g/mol. The number of benzene rings is 1. The van der Waals surface area contributed by atoms with Crippen LogP contribution in [0.3, 0.4) is 0 Å². The van der Waals surface area contributed by atoms with E-state index < -0.39 is 47.8 Å². The molecule has 12 nitrogen and oxygen atoms in total. The van der Waals surface area contributed by atoms with Crippen molar-refractivity contribution < 1.29 is 24.3 Å². The van der Waals surface area contributed by atoms with Crippen molar-refractivity contribution in [2.45, 2.75) is 89.4 Å². The fraction of sp³-hybridized carbons (Fsp3) is 0.630. The molecule has 12 N–H and O–H groups in total. The summed E-state index contributed by atoms with van der Waals surface area (Å²) < 4.78 is 0. The Morgan fingerprint density at radius 2 is 1.28 bits per heavy atom. The summed E-state index contributed by atoms with van der Waals surface area (Å²) in [6.45, 7) is 4.72. The zero-order chi connectivity index (χ0) is 29.4. The minimum Gasteiger partial charge on any atom is -0.508 e. The van der Waals surface area contributed by atoms with Gasteiger partial charge in [-0.3, -0.25) is 19.2 Å². The molecule has 0 unspecified atom stereocenters. The highest BCUT2D eigenvalue weighted by atomic mass is 16.3. The number of hydrogen-bond acceptors (Lipinski definition) is 8. The molecular formula is C27H47N7O5. The van der Waals surface area contributed by atoms with Crippen molar-refractivity contribution in [3.05, 3.63) is 29.8 Å². The first-order valence-corrected chi connectivity index (χ1v) is 13.6. The molecule has 0 fully saturated rings. The summed E-state index contributed by atoms with van der Waals surface area (Å²) in [5.41, 5.74) is 23.3. The fourth-order valence-corrected chi connectivity index (χ4v) is 4.02. The predicted octanol–water partition coefficient (Wildman–Crippen LogP) is -0.494. The van der Waals surface area contributed by atoms with Crippen LogP contribution < -0.4 is 38.9 Å². The van der Waals surface area contributed by atoms with E-state index in [9.17, 15) is 24.3 Å². The van der Waals surface area contributed by atoms with Crippen molar-refractivity contribution in [3.63, 3.8) is 0 Å². The average Bonchev–Trinajstić information content (AvgIpc) is 2.88. The number of amides is 4. The second-order valence-electron chi connectivity index (χ2n) is 10.3. The normalized spacial score (nSPS) is 14.2. The first-order chi connectivity index (χ1) is 18.5. The van der Waals surface area contributed by atoms with E-state index in [1.165, 1.54) is 12.1 Å². The predicted molar refractivity (Wildman–Crippen MR) is 150 cm³/mol. The van der Waals surface area contributed by atoms with Crippen LogP contribution in [0, 0.1) is 5.92 Å². The minimum atomic E-state index is -1.08. The Bertz CT molecular complexity index is 910. The summed E-state index contributed by atoms with van der Waals surface area (Å²) >= 11 is 0. The van der Waals surface area contributed by atoms with Gasteiger partial charge in [-0.25, -0.2) is 0 Å². The van der Waals surface area contributed by atoms with Gasteiger partial charge in [0.05, 0.1) is 6.04 Å². The SMILES string of the molecule is CC(C)C[C@H](NC(=O)[C@H](Cc1ccc(O)cc1)NC(=O)[C@H](CCCCN)NC(=O)[C@@H](N)CCCCN)C(N)=O. The first-order valence-electron chi connectivity index (χ1n) is 13.6. The molecule has 220 valence electrons. The Morgan fingerprint density at radius 3 is 1.82 bits per heavy atom. The van der Waals surface area contributed by atoms with E-state index in [4.69, 9.17) is 22.9 Å². The highest BCUT2D eigenvalue weighted by Crippen LogP contribution is 2.13. The van der Waals surface area contributed by atoms with Gasteiger partial charge in [0, 0.05) is 6.42 Å². The number of primary amides is 1. The van der Waals surface area contributed by atoms with Crippen molar-refractivity contribution in [3.8, 4) is 5.75 Å². The molecule has 1 rings (SSSR count). The van der Waals surface area contributed by atoms with Crippen LogP contribution in [0.1, 0.15) is 64.4 Å². The lowest BCUT2D eigenvalue weighted by Gasteiger charge is -2.26. The van der Waals surface area contributed by atoms with Crippen molar-refractivity contribution in [2.24, 2.45) is 28.9 Å². The number of carbonyl (C=O) groups excluding carboxylic acids is 4. The van der Waals surface area contributed by atoms with Crippen LogP contribution in [0.2, 0.25) is 0 Å². The van der Waals surface area contributed by atoms with Crippen molar-refractivity contribution >= 4 is 23.6 Å². The van der Waals surface area contributed by atoms with Crippen LogP contribution in [0.5, 0.6) is 5.75 Å². The zero-order valence-corrected chi connectivity index (χ0v) is 23.2. The van der Waals surface area contributed by atoms with E-state index in [1.807, 2.05) is 13.8 Å². The third-order valence-electron chi connectivity index (χ3n) is 6.26. The highest BCUT2D eigenvalue weighted by Gasteiger charge is 2.30. The zero-order valence-electron chi connectivity index (χ0n) is 23.2. The van der Waals surface area contributed by atoms with E-state index in [-0.39, 0.29) is 18.1 Å². The Hall–Kier alpha value is -3.22. The molecule has 0 aromatic heterocycles. The van der Waals surface area contributed by atoms with Crippen molar-refractivity contribution in [2.75, 3.05) is 13.1 Å². The van der Waals surface area contributed by atoms with E-state index >= 15 is 0 Å². The number of phenolic OH excluding ortho intramolecular Hbond substituents is 1. The molecule has 0 bridgehead atoms. The lowest BCUT2D eigenvalue weighted by Crippen LogP contribution is -2.58. The molecular weight excluding hydrogens is 502 g/mol. The molecule has 0 spiro atoms. The number of hydrogen-bond donors (Lipinski definition) is 8. The smallest absolute Gasteiger partial charge is 0.243 e. The molecule has 12 heteroatoms. The first kappa shape index (κ1) is 33.8. The Balaban J connectivity index is 3.11. The molecule has 39 heavy (non-hydrogen) atoms. The van der Waals surface area contributed by atoms with Crippen LogP contribution >= 0.6 is 0 Å². The molecule has 0 heterocycles. The standard InChI is InChI=1S/C27H47N7O5/c1-17(2)15-22(24(31)36)33-27(39)23(16-18-9-11-19(35)12-10-18)34-26(38)21(8-4-6-14-29)32-25(37)20(30)7-3-5-13-28/h9-12,17,20-23,35H,3-8,13-16,28-30H2,1-2H3,(H2,31,36)(H,32,37)(H,33,39)(H,34,38)/t20-,21-,22-,23-/m0/s1. The number of nitrogens with two attached hydrogens (primary N) is 4. The molecule has 0 saturated heterocycles. The second-order valence-corrected chi connectivity index (χ2v) is 10.3. The summed E-state index contributed by atoms with van der Waals surface area (Å²) in [7, 11) is 0. The van der Waals surface area contributed by atoms with Crippen LogP contribution in [0.4, 0.5) is 0 Å². The van der Waals surface area contributed by atoms with Gasteiger partial charge in [0.1, 0.15) is 23.9 Å². The van der Waals surface area contributed by atoms with Gasteiger partial charge < -0.3 is 44.0 Å². The summed E-state index contributed by atoms with van der Waals surface area (Å²) in [6, 6.07) is 2.46. The van der Waals surface area contributed by atoms with Crippen molar-refractivity contribution in [1.82, 2.24) is 16.0 Å². The molecule has 1 aromatic carbocycles. The van der Waals surface area contributed by atoms with Crippen LogP contribution in [-0.2, 0) is 25.6 Å². The van der Waals surface area contributed by atoms with Gasteiger partial charge in [0.2, 0.25) is 23.6 Å². The number of carbonyl (C=O) groups is 4. The molecule has 1 aromatic rings. The van der Waals surface area contributed by atoms with Crippen LogP contribution in [0.25, 0.3) is 0 Å². The Morgan fingerprint density at radius 1 is 0.769 bits per heavy atom. The summed E-state index contributed by atoms with van der Waals surface area (Å²) in [5.74, 6) is -2.16. The van der Waals surface area contributed by atoms with E-state index in [0.29, 0.717) is 57.2 Å². The van der Waals surface area contributed by atoms with Gasteiger partial charge in [0.15, 0.2) is 0 Å². The van der Waals surface area contributed by atoms with Gasteiger partial charge in [-0.2, -0.15) is 0 Å². The molecule has 4 atom stereocenters. The summed E-state index contributed by atoms with van der Waals surface area (Å²) in [6.07, 6.45) is 3.78. The van der Waals surface area contributed by atoms with Gasteiger partial charge in [0.25, 0.3) is 0 Å². The fourth-order valence-electron chi connectivity index (χ4n) is 4.02. The third kappa shape index (κ3) is 13.4. The summed E-state index contributed by atoms with van der Waals surface area (Å²) in [4.78, 5) is 51.4. The van der Waals surface area contributed by atoms with E-state index in [0.717, 1.165) is 6.42 Å². The van der Waals surface area contributed by atoms with Gasteiger partial charge >= 0.3 is 0 Å². The third-order valence-corrected chi connectivity index (χ3v) is 6.26. The van der Waals surface area contributed by atoms with Gasteiger partial charge in [-0.05, 0) is 75.2 Å². The second kappa shape index (κ2) is 18.1. The molecule has 0 aliphatic heterocycles. The largest absolute Gasteiger partial charge is 0.508 e. The number of unbranched alkanes of at least 4 members (excludes halogenated alkanes) is 2. The number of aromatic hydroxyl groups is 1. The maximum absolute atomic E-state index is 13.4.